The Morgan fingerprint density at radius 3 is 2.61 bits per heavy atom. The molecule has 0 radical (unpaired) electrons. The van der Waals surface area contributed by atoms with Gasteiger partial charge in [0.05, 0.1) is 6.61 Å². The molecule has 0 saturated carbocycles. The minimum atomic E-state index is 0. The summed E-state index contributed by atoms with van der Waals surface area (Å²) in [5.74, 6) is 1.52. The van der Waals surface area contributed by atoms with Gasteiger partial charge in [-0.05, 0) is 69.2 Å². The van der Waals surface area contributed by atoms with Gasteiger partial charge < -0.3 is 15.4 Å². The maximum Gasteiger partial charge on any atom is 0.224 e. The minimum Gasteiger partial charge on any atom is -0.494 e. The summed E-state index contributed by atoms with van der Waals surface area (Å²) >= 11 is 0. The first-order valence-corrected chi connectivity index (χ1v) is 8.43. The third kappa shape index (κ3) is 4.61. The summed E-state index contributed by atoms with van der Waals surface area (Å²) in [7, 11) is 0. The highest BCUT2D eigenvalue weighted by atomic mass is 35.5. The Morgan fingerprint density at radius 1 is 1.30 bits per heavy atom. The smallest absolute Gasteiger partial charge is 0.224 e. The monoisotopic (exact) mass is 338 g/mol. The van der Waals surface area contributed by atoms with Crippen LogP contribution in [-0.4, -0.2) is 24.6 Å². The van der Waals surface area contributed by atoms with E-state index in [4.69, 9.17) is 4.74 Å². The number of anilines is 1. The summed E-state index contributed by atoms with van der Waals surface area (Å²) in [5, 5.41) is 6.69. The fraction of sp³-hybridized carbons (Fsp3) is 0.611. The van der Waals surface area contributed by atoms with Crippen LogP contribution in [-0.2, 0) is 4.79 Å². The molecule has 2 atom stereocenters. The number of hydrogen-bond donors (Lipinski definition) is 2. The number of amides is 1. The van der Waals surface area contributed by atoms with Crippen molar-refractivity contribution in [3.63, 3.8) is 0 Å². The second-order valence-electron chi connectivity index (χ2n) is 6.64. The average Bonchev–Trinajstić information content (AvgIpc) is 2.81. The van der Waals surface area contributed by atoms with Crippen LogP contribution in [0.25, 0.3) is 0 Å². The zero-order valence-corrected chi connectivity index (χ0v) is 14.7. The highest BCUT2D eigenvalue weighted by Crippen LogP contribution is 2.33. The lowest BCUT2D eigenvalue weighted by Gasteiger charge is -2.28. The normalized spacial score (nSPS) is 25.6. The number of benzene rings is 1. The van der Waals surface area contributed by atoms with Crippen LogP contribution < -0.4 is 15.4 Å². The lowest BCUT2D eigenvalue weighted by Crippen LogP contribution is -2.39. The van der Waals surface area contributed by atoms with Gasteiger partial charge in [-0.2, -0.15) is 0 Å². The summed E-state index contributed by atoms with van der Waals surface area (Å²) in [5.41, 5.74) is 1.94. The number of nitrogens with one attached hydrogen (secondary N) is 2. The lowest BCUT2D eigenvalue weighted by atomic mass is 9.89. The van der Waals surface area contributed by atoms with Gasteiger partial charge in [0.2, 0.25) is 5.91 Å². The van der Waals surface area contributed by atoms with Crippen molar-refractivity contribution in [3.8, 4) is 5.75 Å². The van der Waals surface area contributed by atoms with Crippen LogP contribution in [0.4, 0.5) is 5.69 Å². The summed E-state index contributed by atoms with van der Waals surface area (Å²) in [6.07, 6.45) is 5.49. The molecule has 2 saturated heterocycles. The van der Waals surface area contributed by atoms with Crippen molar-refractivity contribution in [1.82, 2.24) is 5.32 Å². The van der Waals surface area contributed by atoms with Crippen LogP contribution in [0.5, 0.6) is 5.75 Å². The zero-order valence-electron chi connectivity index (χ0n) is 13.9. The predicted octanol–water partition coefficient (Wildman–Crippen LogP) is 3.67. The van der Waals surface area contributed by atoms with Crippen LogP contribution in [0.15, 0.2) is 18.2 Å². The van der Waals surface area contributed by atoms with Crippen molar-refractivity contribution >= 4 is 24.0 Å². The van der Waals surface area contributed by atoms with Crippen molar-refractivity contribution in [2.75, 3.05) is 11.9 Å². The molecule has 128 valence electrons. The van der Waals surface area contributed by atoms with Gasteiger partial charge in [-0.1, -0.05) is 0 Å². The molecule has 0 spiro atoms. The summed E-state index contributed by atoms with van der Waals surface area (Å²) in [6, 6.07) is 7.11. The molecule has 0 aromatic heterocycles. The largest absolute Gasteiger partial charge is 0.494 e. The molecule has 1 amide bonds. The number of halogens is 1. The maximum absolute atomic E-state index is 12.3. The number of ether oxygens (including phenoxy) is 1. The minimum absolute atomic E-state index is 0. The number of carbonyl (C=O) groups excluding carboxylic acids is 1. The highest BCUT2D eigenvalue weighted by molar-refractivity contribution is 5.91. The van der Waals surface area contributed by atoms with Gasteiger partial charge >= 0.3 is 0 Å². The van der Waals surface area contributed by atoms with Crippen molar-refractivity contribution in [2.45, 2.75) is 58.0 Å². The van der Waals surface area contributed by atoms with Crippen molar-refractivity contribution in [1.29, 1.82) is 0 Å². The fourth-order valence-corrected chi connectivity index (χ4v) is 3.84. The van der Waals surface area contributed by atoms with Gasteiger partial charge in [-0.3, -0.25) is 4.79 Å². The molecule has 2 fully saturated rings. The summed E-state index contributed by atoms with van der Waals surface area (Å²) in [4.78, 5) is 12.3. The van der Waals surface area contributed by atoms with Gasteiger partial charge in [0.25, 0.3) is 0 Å². The van der Waals surface area contributed by atoms with Gasteiger partial charge in [-0.15, -0.1) is 12.4 Å². The number of rotatable bonds is 5. The number of fused-ring (bicyclic) bond motifs is 2. The van der Waals surface area contributed by atoms with Gasteiger partial charge in [0.1, 0.15) is 5.75 Å². The molecule has 2 bridgehead atoms. The lowest BCUT2D eigenvalue weighted by molar-refractivity contribution is -0.117. The summed E-state index contributed by atoms with van der Waals surface area (Å²) < 4.78 is 5.48. The first kappa shape index (κ1) is 18.1. The Labute approximate surface area is 144 Å². The maximum atomic E-state index is 12.3. The standard InChI is InChI=1S/C18H26N2O2.ClH/c1-3-22-16-6-7-17(12(2)8-16)20-18(21)11-13-9-14-4-5-15(10-13)19-14;/h6-8,13-15,19H,3-5,9-11H2,1-2H3,(H,20,21);1H. The third-order valence-corrected chi connectivity index (χ3v) is 4.83. The first-order chi connectivity index (χ1) is 10.6. The van der Waals surface area contributed by atoms with Crippen LogP contribution in [0.2, 0.25) is 0 Å². The van der Waals surface area contributed by atoms with E-state index in [0.717, 1.165) is 29.8 Å². The SMILES string of the molecule is CCOc1ccc(NC(=O)CC2CC3CCC(C2)N3)c(C)c1.Cl. The molecule has 2 N–H and O–H groups in total. The molecule has 2 aliphatic heterocycles. The van der Waals surface area contributed by atoms with E-state index >= 15 is 0 Å². The Morgan fingerprint density at radius 2 is 2.00 bits per heavy atom. The van der Waals surface area contributed by atoms with E-state index in [0.29, 0.717) is 31.0 Å². The molecule has 2 heterocycles. The molecular formula is C18H27ClN2O2. The van der Waals surface area contributed by atoms with E-state index < -0.39 is 0 Å². The van der Waals surface area contributed by atoms with E-state index in [9.17, 15) is 4.79 Å². The predicted molar refractivity (Wildman–Crippen MR) is 95.5 cm³/mol. The molecule has 3 rings (SSSR count). The topological polar surface area (TPSA) is 50.4 Å². The van der Waals surface area contributed by atoms with Crippen LogP contribution in [0.1, 0.15) is 44.6 Å². The quantitative estimate of drug-likeness (QED) is 0.861. The van der Waals surface area contributed by atoms with Crippen molar-refractivity contribution in [3.05, 3.63) is 23.8 Å². The van der Waals surface area contributed by atoms with Crippen LogP contribution in [0.3, 0.4) is 0 Å². The van der Waals surface area contributed by atoms with Crippen LogP contribution in [0, 0.1) is 12.8 Å². The molecular weight excluding hydrogens is 312 g/mol. The molecule has 2 aliphatic rings. The molecule has 1 aromatic rings. The average molecular weight is 339 g/mol. The second kappa shape index (κ2) is 8.02. The van der Waals surface area contributed by atoms with E-state index in [1.807, 2.05) is 32.0 Å². The van der Waals surface area contributed by atoms with Crippen molar-refractivity contribution < 1.29 is 9.53 Å². The number of piperidine rings is 1. The fourth-order valence-electron chi connectivity index (χ4n) is 3.84. The van der Waals surface area contributed by atoms with Crippen LogP contribution >= 0.6 is 12.4 Å². The Balaban J connectivity index is 0.00000192. The Bertz CT molecular complexity index is 538. The first-order valence-electron chi connectivity index (χ1n) is 8.43. The van der Waals surface area contributed by atoms with Gasteiger partial charge in [0.15, 0.2) is 0 Å². The van der Waals surface area contributed by atoms with E-state index in [-0.39, 0.29) is 18.3 Å². The zero-order chi connectivity index (χ0) is 15.5. The van der Waals surface area contributed by atoms with Gasteiger partial charge in [0, 0.05) is 24.2 Å². The number of hydrogen-bond acceptors (Lipinski definition) is 3. The number of aryl methyl sites for hydroxylation is 1. The van der Waals surface area contributed by atoms with E-state index in [1.165, 1.54) is 12.8 Å². The summed E-state index contributed by atoms with van der Waals surface area (Å²) in [6.45, 7) is 4.63. The molecule has 23 heavy (non-hydrogen) atoms. The molecule has 5 heteroatoms. The second-order valence-corrected chi connectivity index (χ2v) is 6.64. The molecule has 1 aromatic carbocycles. The van der Waals surface area contributed by atoms with E-state index in [2.05, 4.69) is 10.6 Å². The molecule has 0 aliphatic carbocycles. The Hall–Kier alpha value is -1.26. The van der Waals surface area contributed by atoms with Gasteiger partial charge in [-0.25, -0.2) is 0 Å². The Kier molecular flexibility index (Phi) is 6.31. The number of carbonyl (C=O) groups is 1. The third-order valence-electron chi connectivity index (χ3n) is 4.83. The van der Waals surface area contributed by atoms with E-state index in [1.54, 1.807) is 0 Å². The molecule has 2 unspecified atom stereocenters. The highest BCUT2D eigenvalue weighted by Gasteiger charge is 2.34. The molecule has 4 nitrogen and oxygen atoms in total. The van der Waals surface area contributed by atoms with Crippen molar-refractivity contribution in [2.24, 2.45) is 5.92 Å².